The van der Waals surface area contributed by atoms with E-state index in [0.29, 0.717) is 5.69 Å². The van der Waals surface area contributed by atoms with Gasteiger partial charge >= 0.3 is 0 Å². The Morgan fingerprint density at radius 1 is 1.20 bits per heavy atom. The summed E-state index contributed by atoms with van der Waals surface area (Å²) in [7, 11) is -3.88. The summed E-state index contributed by atoms with van der Waals surface area (Å²) in [4.78, 5) is -0.0364. The topological polar surface area (TPSA) is 96.0 Å². The number of sulfonamides is 1. The molecule has 0 aromatic heterocycles. The number of anilines is 2. The van der Waals surface area contributed by atoms with E-state index in [1.54, 1.807) is 12.1 Å². The second-order valence-electron chi connectivity index (χ2n) is 3.98. The van der Waals surface area contributed by atoms with Crippen LogP contribution >= 0.6 is 0 Å². The van der Waals surface area contributed by atoms with Crippen LogP contribution in [0.15, 0.2) is 47.4 Å². The molecule has 0 saturated carbocycles. The van der Waals surface area contributed by atoms with Gasteiger partial charge in [-0.15, -0.1) is 0 Å². The molecule has 0 saturated heterocycles. The molecule has 0 atom stereocenters. The first kappa shape index (κ1) is 13.8. The molecule has 0 spiro atoms. The average molecular weight is 291 g/mol. The molecular formula is C13H10FN3O2S. The van der Waals surface area contributed by atoms with Gasteiger partial charge in [-0.2, -0.15) is 5.26 Å². The third kappa shape index (κ3) is 2.87. The Bertz CT molecular complexity index is 798. The normalized spacial score (nSPS) is 10.8. The Morgan fingerprint density at radius 2 is 1.95 bits per heavy atom. The lowest BCUT2D eigenvalue weighted by atomic mass is 10.2. The Morgan fingerprint density at radius 3 is 2.60 bits per heavy atom. The van der Waals surface area contributed by atoms with Crippen molar-refractivity contribution in [2.24, 2.45) is 0 Å². The molecule has 0 aliphatic heterocycles. The Kier molecular flexibility index (Phi) is 3.59. The van der Waals surface area contributed by atoms with Crippen LogP contribution in [-0.4, -0.2) is 8.42 Å². The van der Waals surface area contributed by atoms with E-state index in [4.69, 9.17) is 11.0 Å². The van der Waals surface area contributed by atoms with Crippen molar-refractivity contribution in [2.45, 2.75) is 4.90 Å². The van der Waals surface area contributed by atoms with Gasteiger partial charge in [0.05, 0.1) is 16.1 Å². The van der Waals surface area contributed by atoms with E-state index in [2.05, 4.69) is 4.72 Å². The van der Waals surface area contributed by atoms with Gasteiger partial charge in [0.25, 0.3) is 10.0 Å². The highest BCUT2D eigenvalue weighted by molar-refractivity contribution is 7.92. The molecule has 2 aromatic rings. The SMILES string of the molecule is N#Cc1cc(F)ccc1NS(=O)(=O)c1cccc(N)c1. The molecule has 5 nitrogen and oxygen atoms in total. The zero-order valence-corrected chi connectivity index (χ0v) is 11.0. The standard InChI is InChI=1S/C13H10FN3O2S/c14-10-4-5-13(9(6-10)8-15)17-20(18,19)12-3-1-2-11(16)7-12/h1-7,17H,16H2. The molecule has 2 aromatic carbocycles. The van der Waals surface area contributed by atoms with Crippen molar-refractivity contribution in [3.63, 3.8) is 0 Å². The summed E-state index contributed by atoms with van der Waals surface area (Å²) in [6.45, 7) is 0. The van der Waals surface area contributed by atoms with Gasteiger partial charge in [0.15, 0.2) is 0 Å². The number of nitrogens with one attached hydrogen (secondary N) is 1. The molecule has 0 heterocycles. The van der Waals surface area contributed by atoms with Crippen molar-refractivity contribution in [1.82, 2.24) is 0 Å². The van der Waals surface area contributed by atoms with Crippen LogP contribution in [0.1, 0.15) is 5.56 Å². The first-order valence-electron chi connectivity index (χ1n) is 5.50. The molecular weight excluding hydrogens is 281 g/mol. The van der Waals surface area contributed by atoms with Crippen molar-refractivity contribution in [3.05, 3.63) is 53.8 Å². The number of rotatable bonds is 3. The first-order chi connectivity index (χ1) is 9.42. The summed E-state index contributed by atoms with van der Waals surface area (Å²) in [5, 5.41) is 8.88. The second kappa shape index (κ2) is 5.19. The second-order valence-corrected chi connectivity index (χ2v) is 5.66. The quantitative estimate of drug-likeness (QED) is 0.846. The Balaban J connectivity index is 2.42. The van der Waals surface area contributed by atoms with Crippen molar-refractivity contribution in [2.75, 3.05) is 10.5 Å². The van der Waals surface area contributed by atoms with Crippen LogP contribution in [0, 0.1) is 17.1 Å². The molecule has 20 heavy (non-hydrogen) atoms. The molecule has 0 unspecified atom stereocenters. The van der Waals surface area contributed by atoms with E-state index >= 15 is 0 Å². The highest BCUT2D eigenvalue weighted by Crippen LogP contribution is 2.21. The number of halogens is 1. The Labute approximate surface area is 115 Å². The van der Waals surface area contributed by atoms with Crippen LogP contribution < -0.4 is 10.5 Å². The number of nitrogens with two attached hydrogens (primary N) is 1. The van der Waals surface area contributed by atoms with Crippen molar-refractivity contribution in [1.29, 1.82) is 5.26 Å². The highest BCUT2D eigenvalue weighted by Gasteiger charge is 2.16. The number of nitrogen functional groups attached to an aromatic ring is 1. The zero-order chi connectivity index (χ0) is 14.8. The summed E-state index contributed by atoms with van der Waals surface area (Å²) in [6.07, 6.45) is 0. The number of benzene rings is 2. The fraction of sp³-hybridized carbons (Fsp3) is 0. The van der Waals surface area contributed by atoms with Gasteiger partial charge in [0.2, 0.25) is 0 Å². The van der Waals surface area contributed by atoms with Crippen molar-refractivity contribution in [3.8, 4) is 6.07 Å². The van der Waals surface area contributed by atoms with E-state index in [1.165, 1.54) is 24.3 Å². The molecule has 0 amide bonds. The van der Waals surface area contributed by atoms with Crippen molar-refractivity contribution >= 4 is 21.4 Å². The fourth-order valence-corrected chi connectivity index (χ4v) is 2.72. The van der Waals surface area contributed by atoms with Gasteiger partial charge in [-0.25, -0.2) is 12.8 Å². The fourth-order valence-electron chi connectivity index (χ4n) is 1.58. The van der Waals surface area contributed by atoms with Crippen molar-refractivity contribution < 1.29 is 12.8 Å². The van der Waals surface area contributed by atoms with Crippen LogP contribution in [0.4, 0.5) is 15.8 Å². The molecule has 0 radical (unpaired) electrons. The predicted octanol–water partition coefficient (Wildman–Crippen LogP) is 2.08. The third-order valence-corrected chi connectivity index (χ3v) is 3.88. The lowest BCUT2D eigenvalue weighted by Gasteiger charge is -2.09. The van der Waals surface area contributed by atoms with E-state index in [-0.39, 0.29) is 16.1 Å². The smallest absolute Gasteiger partial charge is 0.262 e. The minimum absolute atomic E-state index is 0.0105. The molecule has 3 N–H and O–H groups in total. The van der Waals surface area contributed by atoms with Crippen LogP contribution in [0.5, 0.6) is 0 Å². The minimum Gasteiger partial charge on any atom is -0.399 e. The molecule has 7 heteroatoms. The van der Waals surface area contributed by atoms with Crippen LogP contribution in [-0.2, 0) is 10.0 Å². The molecule has 0 aliphatic carbocycles. The van der Waals surface area contributed by atoms with Crippen LogP contribution in [0.3, 0.4) is 0 Å². The summed E-state index contributed by atoms with van der Waals surface area (Å²) in [5.74, 6) is -0.617. The summed E-state index contributed by atoms with van der Waals surface area (Å²) < 4.78 is 39.5. The van der Waals surface area contributed by atoms with Gasteiger partial charge in [0.1, 0.15) is 11.9 Å². The van der Waals surface area contributed by atoms with E-state index in [1.807, 2.05) is 0 Å². The van der Waals surface area contributed by atoms with E-state index in [0.717, 1.165) is 12.1 Å². The maximum absolute atomic E-state index is 13.0. The highest BCUT2D eigenvalue weighted by atomic mass is 32.2. The number of hydrogen-bond acceptors (Lipinski definition) is 4. The van der Waals surface area contributed by atoms with Crippen LogP contribution in [0.25, 0.3) is 0 Å². The molecule has 102 valence electrons. The van der Waals surface area contributed by atoms with E-state index < -0.39 is 15.8 Å². The zero-order valence-electron chi connectivity index (χ0n) is 10.2. The average Bonchev–Trinajstić information content (AvgIpc) is 2.40. The first-order valence-corrected chi connectivity index (χ1v) is 6.99. The predicted molar refractivity (Wildman–Crippen MR) is 72.8 cm³/mol. The molecule has 0 aliphatic rings. The lowest BCUT2D eigenvalue weighted by molar-refractivity contribution is 0.601. The van der Waals surface area contributed by atoms with E-state index in [9.17, 15) is 12.8 Å². The molecule has 0 bridgehead atoms. The lowest BCUT2D eigenvalue weighted by Crippen LogP contribution is -2.14. The minimum atomic E-state index is -3.88. The molecule has 0 fully saturated rings. The monoisotopic (exact) mass is 291 g/mol. The maximum atomic E-state index is 13.0. The maximum Gasteiger partial charge on any atom is 0.262 e. The van der Waals surface area contributed by atoms with Gasteiger partial charge in [0, 0.05) is 5.69 Å². The number of nitrogens with zero attached hydrogens (tertiary/aromatic N) is 1. The van der Waals surface area contributed by atoms with Gasteiger partial charge in [-0.05, 0) is 36.4 Å². The Hall–Kier alpha value is -2.59. The molecule has 2 rings (SSSR count). The van der Waals surface area contributed by atoms with Gasteiger partial charge in [-0.1, -0.05) is 6.07 Å². The summed E-state index contributed by atoms with van der Waals surface area (Å²) >= 11 is 0. The van der Waals surface area contributed by atoms with Crippen LogP contribution in [0.2, 0.25) is 0 Å². The van der Waals surface area contributed by atoms with Gasteiger partial charge < -0.3 is 5.73 Å². The number of nitriles is 1. The number of hydrogen-bond donors (Lipinski definition) is 2. The van der Waals surface area contributed by atoms with Gasteiger partial charge in [-0.3, -0.25) is 4.72 Å². The summed E-state index contributed by atoms with van der Waals surface area (Å²) in [5.41, 5.74) is 5.74. The third-order valence-electron chi connectivity index (χ3n) is 2.51. The summed E-state index contributed by atoms with van der Waals surface area (Å²) in [6, 6.07) is 10.7. The largest absolute Gasteiger partial charge is 0.399 e.